The van der Waals surface area contributed by atoms with E-state index in [2.05, 4.69) is 39.9 Å². The quantitative estimate of drug-likeness (QED) is 0.450. The van der Waals surface area contributed by atoms with Crippen molar-refractivity contribution < 1.29 is 4.92 Å². The van der Waals surface area contributed by atoms with Crippen LogP contribution in [0.5, 0.6) is 0 Å². The summed E-state index contributed by atoms with van der Waals surface area (Å²) in [6.45, 7) is 3.13. The zero-order chi connectivity index (χ0) is 16.9. The Hall–Kier alpha value is -1.71. The van der Waals surface area contributed by atoms with Gasteiger partial charge < -0.3 is 0 Å². The predicted octanol–water partition coefficient (Wildman–Crippen LogP) is 2.99. The van der Waals surface area contributed by atoms with Crippen LogP contribution in [0.25, 0.3) is 0 Å². The molecule has 1 saturated heterocycles. The van der Waals surface area contributed by atoms with Gasteiger partial charge in [-0.3, -0.25) is 0 Å². The second kappa shape index (κ2) is 7.91. The van der Waals surface area contributed by atoms with Gasteiger partial charge in [-0.2, -0.15) is 0 Å². The number of benzene rings is 1. The Labute approximate surface area is 147 Å². The van der Waals surface area contributed by atoms with E-state index in [-0.39, 0.29) is 10.6 Å². The van der Waals surface area contributed by atoms with E-state index in [1.165, 1.54) is 5.56 Å². The normalized spacial score (nSPS) is 17.5. The van der Waals surface area contributed by atoms with Gasteiger partial charge >= 0.3 is 147 Å². The van der Waals surface area contributed by atoms with Gasteiger partial charge in [-0.15, -0.1) is 0 Å². The van der Waals surface area contributed by atoms with Crippen molar-refractivity contribution in [2.45, 2.75) is 29.8 Å². The Bertz CT molecular complexity index is 688. The molecule has 0 aliphatic carbocycles. The molecular formula is C18H22AsN3O2. The molecular weight excluding hydrogens is 365 g/mol. The van der Waals surface area contributed by atoms with Gasteiger partial charge in [-0.05, 0) is 0 Å². The Morgan fingerprint density at radius 3 is 2.58 bits per heavy atom. The van der Waals surface area contributed by atoms with Crippen LogP contribution >= 0.6 is 0 Å². The molecule has 1 unspecified atom stereocenters. The van der Waals surface area contributed by atoms with Crippen LogP contribution in [-0.4, -0.2) is 42.5 Å². The number of aromatic nitrogens is 1. The fraction of sp³-hybridized carbons (Fsp3) is 0.389. The standard InChI is InChI=1S/C18H22AsN3O2/c1-19(18-17(22(23)24)8-5-11-20-18)16-9-12-21(13-10-16)14-15-6-3-2-4-7-15/h2-8,11,16H,9-10,12-14H2,1H3. The van der Waals surface area contributed by atoms with E-state index in [1.54, 1.807) is 18.3 Å². The number of nitro groups is 1. The molecule has 2 aromatic rings. The number of hydrogen-bond donors (Lipinski definition) is 0. The fourth-order valence-electron chi connectivity index (χ4n) is 3.28. The molecule has 1 aromatic heterocycles. The molecule has 0 N–H and O–H groups in total. The molecule has 6 heteroatoms. The molecule has 1 aromatic carbocycles. The van der Waals surface area contributed by atoms with Gasteiger partial charge in [0.25, 0.3) is 0 Å². The molecule has 1 atom stereocenters. The van der Waals surface area contributed by atoms with Crippen LogP contribution in [0.3, 0.4) is 0 Å². The molecule has 0 bridgehead atoms. The number of hydrogen-bond acceptors (Lipinski definition) is 4. The first-order valence-corrected chi connectivity index (χ1v) is 12.1. The molecule has 1 aliphatic heterocycles. The Balaban J connectivity index is 1.61. The summed E-state index contributed by atoms with van der Waals surface area (Å²) in [5, 5.41) is 11.2. The van der Waals surface area contributed by atoms with Gasteiger partial charge in [-0.25, -0.2) is 0 Å². The fourth-order valence-corrected chi connectivity index (χ4v) is 7.73. The van der Waals surface area contributed by atoms with Crippen molar-refractivity contribution in [1.82, 2.24) is 9.88 Å². The van der Waals surface area contributed by atoms with Crippen LogP contribution in [0.4, 0.5) is 5.69 Å². The second-order valence-electron chi connectivity index (χ2n) is 6.21. The van der Waals surface area contributed by atoms with Crippen molar-refractivity contribution in [3.8, 4) is 0 Å². The van der Waals surface area contributed by atoms with E-state index < -0.39 is 14.7 Å². The van der Waals surface area contributed by atoms with Gasteiger partial charge in [0, 0.05) is 0 Å². The average molecular weight is 387 g/mol. The molecule has 24 heavy (non-hydrogen) atoms. The van der Waals surface area contributed by atoms with Crippen LogP contribution in [0.15, 0.2) is 48.7 Å². The molecule has 0 radical (unpaired) electrons. The van der Waals surface area contributed by atoms with Crippen molar-refractivity contribution in [2.75, 3.05) is 13.1 Å². The van der Waals surface area contributed by atoms with E-state index in [0.717, 1.165) is 37.0 Å². The van der Waals surface area contributed by atoms with E-state index in [1.807, 2.05) is 6.07 Å². The van der Waals surface area contributed by atoms with Crippen LogP contribution in [0.1, 0.15) is 18.4 Å². The monoisotopic (exact) mass is 387 g/mol. The molecule has 3 rings (SSSR count). The summed E-state index contributed by atoms with van der Waals surface area (Å²) in [6.07, 6.45) is 3.94. The number of nitrogens with zero attached hydrogens (tertiary/aromatic N) is 3. The van der Waals surface area contributed by atoms with Crippen molar-refractivity contribution in [1.29, 1.82) is 0 Å². The summed E-state index contributed by atoms with van der Waals surface area (Å²) in [4.78, 5) is 17.8. The number of likely N-dealkylation sites (tertiary alicyclic amines) is 1. The third-order valence-corrected chi connectivity index (χ3v) is 10.2. The van der Waals surface area contributed by atoms with Gasteiger partial charge in [0.2, 0.25) is 0 Å². The summed E-state index contributed by atoms with van der Waals surface area (Å²) in [5.74, 6) is 0. The van der Waals surface area contributed by atoms with Crippen LogP contribution in [0, 0.1) is 10.1 Å². The summed E-state index contributed by atoms with van der Waals surface area (Å²) in [7, 11) is 0. The molecule has 2 heterocycles. The zero-order valence-electron chi connectivity index (χ0n) is 13.8. The third kappa shape index (κ3) is 4.03. The first-order chi connectivity index (χ1) is 11.6. The van der Waals surface area contributed by atoms with E-state index in [4.69, 9.17) is 0 Å². The maximum absolute atomic E-state index is 11.2. The van der Waals surface area contributed by atoms with Crippen LogP contribution in [-0.2, 0) is 6.54 Å². The zero-order valence-corrected chi connectivity index (χ0v) is 15.7. The van der Waals surface area contributed by atoms with Gasteiger partial charge in [0.1, 0.15) is 0 Å². The van der Waals surface area contributed by atoms with Crippen molar-refractivity contribution in [3.05, 3.63) is 64.3 Å². The molecule has 1 fully saturated rings. The number of rotatable bonds is 5. The van der Waals surface area contributed by atoms with Gasteiger partial charge in [0.05, 0.1) is 0 Å². The SMILES string of the molecule is C[As](c1ncccc1[N+](=O)[O-])C1CCN(Cc2ccccc2)CC1. The Morgan fingerprint density at radius 2 is 1.92 bits per heavy atom. The first-order valence-electron chi connectivity index (χ1n) is 8.23. The molecule has 0 amide bonds. The molecule has 0 saturated carbocycles. The van der Waals surface area contributed by atoms with Crippen molar-refractivity contribution in [2.24, 2.45) is 0 Å². The van der Waals surface area contributed by atoms with Gasteiger partial charge in [-0.1, -0.05) is 0 Å². The van der Waals surface area contributed by atoms with E-state index >= 15 is 0 Å². The van der Waals surface area contributed by atoms with Gasteiger partial charge in [0.15, 0.2) is 0 Å². The topological polar surface area (TPSA) is 59.3 Å². The summed E-state index contributed by atoms with van der Waals surface area (Å²) >= 11 is -1.51. The summed E-state index contributed by atoms with van der Waals surface area (Å²) < 4.78 is 1.37. The predicted molar refractivity (Wildman–Crippen MR) is 96.8 cm³/mol. The minimum atomic E-state index is -1.51. The van der Waals surface area contributed by atoms with Crippen LogP contribution < -0.4 is 4.48 Å². The number of pyridine rings is 1. The van der Waals surface area contributed by atoms with Crippen molar-refractivity contribution in [3.63, 3.8) is 0 Å². The Morgan fingerprint density at radius 1 is 1.21 bits per heavy atom. The summed E-state index contributed by atoms with van der Waals surface area (Å²) in [6, 6.07) is 13.8. The number of piperidine rings is 1. The van der Waals surface area contributed by atoms with E-state index in [0.29, 0.717) is 4.71 Å². The van der Waals surface area contributed by atoms with Crippen molar-refractivity contribution >= 4 is 24.8 Å². The molecule has 0 spiro atoms. The first kappa shape index (κ1) is 17.1. The Kier molecular flexibility index (Phi) is 5.64. The van der Waals surface area contributed by atoms with Crippen LogP contribution in [0.2, 0.25) is 10.4 Å². The molecule has 126 valence electrons. The maximum atomic E-state index is 11.2. The van der Waals surface area contributed by atoms with E-state index in [9.17, 15) is 10.1 Å². The minimum absolute atomic E-state index is 0.215. The average Bonchev–Trinajstić information content (AvgIpc) is 2.62. The molecule has 1 aliphatic rings. The third-order valence-electron chi connectivity index (χ3n) is 4.65. The molecule has 5 nitrogen and oxygen atoms in total. The summed E-state index contributed by atoms with van der Waals surface area (Å²) in [5.41, 5.74) is 3.79. The second-order valence-corrected chi connectivity index (χ2v) is 11.2.